The van der Waals surface area contributed by atoms with E-state index in [-0.39, 0.29) is 17.5 Å². The molecule has 0 radical (unpaired) electrons. The standard InChI is InChI=1S/C18H22FN5O2/c1-23(18-17(24(25)26)5-2-10-20-18)11-3-4-15-12-16(22-21-15)13-6-8-14(19)9-7-13/h2,5-10,15-16,21-22H,3-4,11-12H2,1H3. The fourth-order valence-corrected chi connectivity index (χ4v) is 3.23. The summed E-state index contributed by atoms with van der Waals surface area (Å²) in [6.07, 6.45) is 4.28. The first-order chi connectivity index (χ1) is 12.5. The minimum absolute atomic E-state index is 0.0204. The first-order valence-corrected chi connectivity index (χ1v) is 8.61. The lowest BCUT2D eigenvalue weighted by atomic mass is 9.99. The molecule has 2 atom stereocenters. The zero-order chi connectivity index (χ0) is 18.5. The first kappa shape index (κ1) is 18.2. The molecule has 26 heavy (non-hydrogen) atoms. The minimum Gasteiger partial charge on any atom is -0.354 e. The zero-order valence-corrected chi connectivity index (χ0v) is 14.6. The molecule has 1 saturated heterocycles. The molecule has 2 unspecified atom stereocenters. The Bertz CT molecular complexity index is 756. The second kappa shape index (κ2) is 8.20. The van der Waals surface area contributed by atoms with Gasteiger partial charge in [0.25, 0.3) is 0 Å². The van der Waals surface area contributed by atoms with Crippen LogP contribution in [0.15, 0.2) is 42.6 Å². The van der Waals surface area contributed by atoms with Crippen molar-refractivity contribution in [2.24, 2.45) is 0 Å². The number of anilines is 1. The van der Waals surface area contributed by atoms with Crippen molar-refractivity contribution in [3.05, 3.63) is 64.1 Å². The smallest absolute Gasteiger partial charge is 0.311 e. The van der Waals surface area contributed by atoms with Gasteiger partial charge in [-0.1, -0.05) is 12.1 Å². The molecule has 7 nitrogen and oxygen atoms in total. The van der Waals surface area contributed by atoms with Crippen LogP contribution < -0.4 is 15.8 Å². The van der Waals surface area contributed by atoms with Gasteiger partial charge in [-0.15, -0.1) is 0 Å². The molecule has 0 spiro atoms. The van der Waals surface area contributed by atoms with Crippen LogP contribution in [0.4, 0.5) is 15.9 Å². The van der Waals surface area contributed by atoms with Gasteiger partial charge in [0.15, 0.2) is 0 Å². The molecule has 0 saturated carbocycles. The maximum atomic E-state index is 13.0. The Morgan fingerprint density at radius 1 is 1.31 bits per heavy atom. The van der Waals surface area contributed by atoms with Gasteiger partial charge >= 0.3 is 5.69 Å². The largest absolute Gasteiger partial charge is 0.354 e. The predicted octanol–water partition coefficient (Wildman–Crippen LogP) is 2.95. The van der Waals surface area contributed by atoms with Gasteiger partial charge in [0.1, 0.15) is 5.82 Å². The summed E-state index contributed by atoms with van der Waals surface area (Å²) in [4.78, 5) is 16.6. The van der Waals surface area contributed by atoms with E-state index in [1.807, 2.05) is 11.9 Å². The number of halogens is 1. The molecule has 2 heterocycles. The summed E-state index contributed by atoms with van der Waals surface area (Å²) in [6, 6.07) is 10.0. The lowest BCUT2D eigenvalue weighted by Gasteiger charge is -2.18. The van der Waals surface area contributed by atoms with E-state index in [4.69, 9.17) is 0 Å². The van der Waals surface area contributed by atoms with E-state index in [2.05, 4.69) is 15.8 Å². The zero-order valence-electron chi connectivity index (χ0n) is 14.6. The van der Waals surface area contributed by atoms with Crippen molar-refractivity contribution in [1.29, 1.82) is 0 Å². The van der Waals surface area contributed by atoms with Crippen molar-refractivity contribution in [2.75, 3.05) is 18.5 Å². The van der Waals surface area contributed by atoms with E-state index >= 15 is 0 Å². The molecule has 1 aromatic carbocycles. The Hall–Kier alpha value is -2.58. The van der Waals surface area contributed by atoms with Crippen LogP contribution in [0.3, 0.4) is 0 Å². The molecule has 1 aromatic heterocycles. The molecule has 0 amide bonds. The van der Waals surface area contributed by atoms with Crippen LogP contribution in [-0.2, 0) is 0 Å². The van der Waals surface area contributed by atoms with Gasteiger partial charge in [-0.3, -0.25) is 21.0 Å². The molecular formula is C18H22FN5O2. The maximum absolute atomic E-state index is 13.0. The van der Waals surface area contributed by atoms with Crippen LogP contribution in [0.1, 0.15) is 30.9 Å². The number of rotatable bonds is 7. The average Bonchev–Trinajstić information content (AvgIpc) is 3.11. The molecule has 0 aliphatic carbocycles. The monoisotopic (exact) mass is 359 g/mol. The van der Waals surface area contributed by atoms with Crippen LogP contribution >= 0.6 is 0 Å². The normalized spacial score (nSPS) is 19.5. The Morgan fingerprint density at radius 3 is 2.81 bits per heavy atom. The van der Waals surface area contributed by atoms with Crippen molar-refractivity contribution in [3.8, 4) is 0 Å². The molecule has 138 valence electrons. The molecule has 2 aromatic rings. The number of benzene rings is 1. The SMILES string of the molecule is CN(CCCC1CC(c2ccc(F)cc2)NN1)c1ncccc1[N+](=O)[O-]. The topological polar surface area (TPSA) is 83.3 Å². The molecule has 1 aliphatic heterocycles. The van der Waals surface area contributed by atoms with Gasteiger partial charge in [-0.05, 0) is 43.0 Å². The van der Waals surface area contributed by atoms with Crippen molar-refractivity contribution in [2.45, 2.75) is 31.3 Å². The third-order valence-electron chi connectivity index (χ3n) is 4.62. The highest BCUT2D eigenvalue weighted by Crippen LogP contribution is 2.26. The van der Waals surface area contributed by atoms with E-state index < -0.39 is 4.92 Å². The number of hydrogen-bond donors (Lipinski definition) is 2. The van der Waals surface area contributed by atoms with E-state index in [0.29, 0.717) is 18.4 Å². The lowest BCUT2D eigenvalue weighted by molar-refractivity contribution is -0.384. The Labute approximate surface area is 151 Å². The minimum atomic E-state index is -0.408. The van der Waals surface area contributed by atoms with E-state index in [0.717, 1.165) is 24.8 Å². The van der Waals surface area contributed by atoms with Crippen molar-refractivity contribution < 1.29 is 9.31 Å². The van der Waals surface area contributed by atoms with Gasteiger partial charge in [0, 0.05) is 37.9 Å². The molecule has 1 aliphatic rings. The number of hydrogen-bond acceptors (Lipinski definition) is 6. The van der Waals surface area contributed by atoms with Gasteiger partial charge in [0.2, 0.25) is 5.82 Å². The molecular weight excluding hydrogens is 337 g/mol. The highest BCUT2D eigenvalue weighted by atomic mass is 19.1. The molecule has 2 N–H and O–H groups in total. The van der Waals surface area contributed by atoms with Crippen LogP contribution in [-0.4, -0.2) is 29.5 Å². The number of nitro groups is 1. The summed E-state index contributed by atoms with van der Waals surface area (Å²) < 4.78 is 13.0. The summed E-state index contributed by atoms with van der Waals surface area (Å²) >= 11 is 0. The van der Waals surface area contributed by atoms with Gasteiger partial charge < -0.3 is 4.90 Å². The van der Waals surface area contributed by atoms with E-state index in [1.54, 1.807) is 24.4 Å². The number of nitrogens with one attached hydrogen (secondary N) is 2. The van der Waals surface area contributed by atoms with Crippen LogP contribution in [0.5, 0.6) is 0 Å². The summed E-state index contributed by atoms with van der Waals surface area (Å²) in [5.41, 5.74) is 7.60. The predicted molar refractivity (Wildman–Crippen MR) is 97.2 cm³/mol. The quantitative estimate of drug-likeness (QED) is 0.584. The van der Waals surface area contributed by atoms with Gasteiger partial charge in [0.05, 0.1) is 4.92 Å². The third-order valence-corrected chi connectivity index (χ3v) is 4.62. The fraction of sp³-hybridized carbons (Fsp3) is 0.389. The second-order valence-electron chi connectivity index (χ2n) is 6.49. The number of nitrogens with zero attached hydrogens (tertiary/aromatic N) is 3. The van der Waals surface area contributed by atoms with E-state index in [9.17, 15) is 14.5 Å². The van der Waals surface area contributed by atoms with Gasteiger partial charge in [-0.25, -0.2) is 9.37 Å². The Morgan fingerprint density at radius 2 is 2.08 bits per heavy atom. The Balaban J connectivity index is 1.48. The average molecular weight is 359 g/mol. The summed E-state index contributed by atoms with van der Waals surface area (Å²) in [7, 11) is 1.82. The summed E-state index contributed by atoms with van der Waals surface area (Å²) in [5, 5.41) is 11.1. The fourth-order valence-electron chi connectivity index (χ4n) is 3.23. The second-order valence-corrected chi connectivity index (χ2v) is 6.49. The van der Waals surface area contributed by atoms with Crippen molar-refractivity contribution >= 4 is 11.5 Å². The highest BCUT2D eigenvalue weighted by molar-refractivity contribution is 5.56. The number of hydrazine groups is 1. The number of pyridine rings is 1. The summed E-state index contributed by atoms with van der Waals surface area (Å²) in [5.74, 6) is 0.155. The molecule has 3 rings (SSSR count). The van der Waals surface area contributed by atoms with Crippen LogP contribution in [0.2, 0.25) is 0 Å². The lowest BCUT2D eigenvalue weighted by Crippen LogP contribution is -2.31. The number of aromatic nitrogens is 1. The molecule has 8 heteroatoms. The van der Waals surface area contributed by atoms with Gasteiger partial charge in [-0.2, -0.15) is 0 Å². The third kappa shape index (κ3) is 4.33. The molecule has 1 fully saturated rings. The van der Waals surface area contributed by atoms with Crippen LogP contribution in [0, 0.1) is 15.9 Å². The van der Waals surface area contributed by atoms with Crippen molar-refractivity contribution in [1.82, 2.24) is 15.8 Å². The maximum Gasteiger partial charge on any atom is 0.311 e. The van der Waals surface area contributed by atoms with Crippen molar-refractivity contribution in [3.63, 3.8) is 0 Å². The summed E-state index contributed by atoms with van der Waals surface area (Å²) in [6.45, 7) is 0.678. The molecule has 0 bridgehead atoms. The Kier molecular flexibility index (Phi) is 5.75. The van der Waals surface area contributed by atoms with E-state index in [1.165, 1.54) is 18.2 Å². The van der Waals surface area contributed by atoms with Crippen LogP contribution in [0.25, 0.3) is 0 Å². The first-order valence-electron chi connectivity index (χ1n) is 8.61. The highest BCUT2D eigenvalue weighted by Gasteiger charge is 2.25.